The van der Waals surface area contributed by atoms with Crippen molar-refractivity contribution < 1.29 is 18.0 Å². The van der Waals surface area contributed by atoms with E-state index < -0.39 is 11.7 Å². The molecule has 0 aromatic heterocycles. The van der Waals surface area contributed by atoms with E-state index in [1.807, 2.05) is 0 Å². The SMILES string of the molecule is C[C@@H]1CCCC[C@H]1NC(=O)NCc1cccc(C(F)(F)F)c1. The van der Waals surface area contributed by atoms with Gasteiger partial charge in [-0.25, -0.2) is 4.79 Å². The lowest BCUT2D eigenvalue weighted by Gasteiger charge is -2.29. The van der Waals surface area contributed by atoms with Crippen LogP contribution in [0, 0.1) is 5.92 Å². The van der Waals surface area contributed by atoms with E-state index in [1.165, 1.54) is 12.5 Å². The van der Waals surface area contributed by atoms with Gasteiger partial charge < -0.3 is 10.6 Å². The summed E-state index contributed by atoms with van der Waals surface area (Å²) in [6, 6.07) is 4.82. The van der Waals surface area contributed by atoms with Crippen molar-refractivity contribution in [1.29, 1.82) is 0 Å². The first-order chi connectivity index (χ1) is 10.4. The highest BCUT2D eigenvalue weighted by molar-refractivity contribution is 5.74. The summed E-state index contributed by atoms with van der Waals surface area (Å²) in [6.45, 7) is 2.19. The van der Waals surface area contributed by atoms with Crippen LogP contribution in [-0.2, 0) is 12.7 Å². The summed E-state index contributed by atoms with van der Waals surface area (Å²) in [5.74, 6) is 0.438. The topological polar surface area (TPSA) is 41.1 Å². The molecule has 0 heterocycles. The summed E-state index contributed by atoms with van der Waals surface area (Å²) in [4.78, 5) is 11.9. The Morgan fingerprint density at radius 1 is 1.27 bits per heavy atom. The van der Waals surface area contributed by atoms with Gasteiger partial charge in [0.1, 0.15) is 0 Å². The average molecular weight is 314 g/mol. The normalized spacial score (nSPS) is 22.2. The molecule has 0 aliphatic heterocycles. The molecule has 1 aromatic rings. The predicted molar refractivity (Wildman–Crippen MR) is 78.2 cm³/mol. The van der Waals surface area contributed by atoms with E-state index in [0.29, 0.717) is 11.5 Å². The van der Waals surface area contributed by atoms with Gasteiger partial charge in [-0.1, -0.05) is 31.9 Å². The first-order valence-electron chi connectivity index (χ1n) is 7.57. The highest BCUT2D eigenvalue weighted by atomic mass is 19.4. The van der Waals surface area contributed by atoms with Crippen LogP contribution in [0.5, 0.6) is 0 Å². The minimum absolute atomic E-state index is 0.0802. The highest BCUT2D eigenvalue weighted by Crippen LogP contribution is 2.29. The molecule has 0 saturated heterocycles. The largest absolute Gasteiger partial charge is 0.416 e. The number of nitrogens with one attached hydrogen (secondary N) is 2. The van der Waals surface area contributed by atoms with E-state index >= 15 is 0 Å². The fraction of sp³-hybridized carbons (Fsp3) is 0.562. The van der Waals surface area contributed by atoms with Gasteiger partial charge in [-0.05, 0) is 36.5 Å². The van der Waals surface area contributed by atoms with Crippen LogP contribution in [0.3, 0.4) is 0 Å². The zero-order valence-electron chi connectivity index (χ0n) is 12.5. The maximum atomic E-state index is 12.6. The second-order valence-electron chi connectivity index (χ2n) is 5.89. The van der Waals surface area contributed by atoms with Crippen molar-refractivity contribution in [2.45, 2.75) is 51.4 Å². The number of rotatable bonds is 3. The number of amides is 2. The van der Waals surface area contributed by atoms with Gasteiger partial charge in [0.2, 0.25) is 0 Å². The van der Waals surface area contributed by atoms with E-state index in [1.54, 1.807) is 6.07 Å². The molecule has 1 aromatic carbocycles. The van der Waals surface area contributed by atoms with Crippen molar-refractivity contribution in [2.75, 3.05) is 0 Å². The molecule has 6 heteroatoms. The van der Waals surface area contributed by atoms with Crippen LogP contribution in [0.15, 0.2) is 24.3 Å². The molecule has 122 valence electrons. The van der Waals surface area contributed by atoms with Crippen LogP contribution in [0.4, 0.5) is 18.0 Å². The number of carbonyl (C=O) groups is 1. The van der Waals surface area contributed by atoms with Gasteiger partial charge in [0.25, 0.3) is 0 Å². The second-order valence-corrected chi connectivity index (χ2v) is 5.89. The molecule has 0 radical (unpaired) electrons. The molecule has 0 spiro atoms. The Balaban J connectivity index is 1.86. The molecular weight excluding hydrogens is 293 g/mol. The monoisotopic (exact) mass is 314 g/mol. The number of urea groups is 1. The zero-order valence-corrected chi connectivity index (χ0v) is 12.5. The number of hydrogen-bond acceptors (Lipinski definition) is 1. The molecule has 2 rings (SSSR count). The third-order valence-electron chi connectivity index (χ3n) is 4.14. The van der Waals surface area contributed by atoms with Crippen molar-refractivity contribution in [3.8, 4) is 0 Å². The Bertz CT molecular complexity index is 516. The summed E-state index contributed by atoms with van der Waals surface area (Å²) >= 11 is 0. The van der Waals surface area contributed by atoms with Crippen molar-refractivity contribution in [3.63, 3.8) is 0 Å². The highest BCUT2D eigenvalue weighted by Gasteiger charge is 2.30. The lowest BCUT2D eigenvalue weighted by Crippen LogP contribution is -2.45. The molecular formula is C16H21F3N2O. The Hall–Kier alpha value is -1.72. The van der Waals surface area contributed by atoms with Gasteiger partial charge in [-0.3, -0.25) is 0 Å². The molecule has 1 aliphatic rings. The standard InChI is InChI=1S/C16H21F3N2O/c1-11-5-2-3-8-14(11)21-15(22)20-10-12-6-4-7-13(9-12)16(17,18)19/h4,6-7,9,11,14H,2-3,5,8,10H2,1H3,(H2,20,21,22)/t11-,14-/m1/s1. The summed E-state index contributed by atoms with van der Waals surface area (Å²) in [7, 11) is 0. The molecule has 2 amide bonds. The van der Waals surface area contributed by atoms with Crippen LogP contribution in [0.2, 0.25) is 0 Å². The molecule has 2 atom stereocenters. The van der Waals surface area contributed by atoms with Crippen LogP contribution in [0.1, 0.15) is 43.7 Å². The van der Waals surface area contributed by atoms with Gasteiger partial charge in [-0.2, -0.15) is 13.2 Å². The van der Waals surface area contributed by atoms with Crippen LogP contribution < -0.4 is 10.6 Å². The number of carbonyl (C=O) groups excluding carboxylic acids is 1. The Kier molecular flexibility index (Phi) is 5.32. The number of alkyl halides is 3. The minimum atomic E-state index is -4.37. The molecule has 1 fully saturated rings. The van der Waals surface area contributed by atoms with Crippen molar-refractivity contribution >= 4 is 6.03 Å². The summed E-state index contributed by atoms with van der Waals surface area (Å²) in [6.07, 6.45) is -0.0271. The number of halogens is 3. The fourth-order valence-electron chi connectivity index (χ4n) is 2.79. The first kappa shape index (κ1) is 16.6. The lowest BCUT2D eigenvalue weighted by atomic mass is 9.86. The Labute approximate surface area is 128 Å². The van der Waals surface area contributed by atoms with E-state index in [0.717, 1.165) is 31.4 Å². The van der Waals surface area contributed by atoms with E-state index in [2.05, 4.69) is 17.6 Å². The quantitative estimate of drug-likeness (QED) is 0.867. The smallest absolute Gasteiger partial charge is 0.335 e. The first-order valence-corrected chi connectivity index (χ1v) is 7.57. The van der Waals surface area contributed by atoms with Crippen LogP contribution in [-0.4, -0.2) is 12.1 Å². The minimum Gasteiger partial charge on any atom is -0.335 e. The predicted octanol–water partition coefficient (Wildman–Crippen LogP) is 4.08. The van der Waals surface area contributed by atoms with E-state index in [4.69, 9.17) is 0 Å². The Morgan fingerprint density at radius 3 is 2.68 bits per heavy atom. The van der Waals surface area contributed by atoms with Gasteiger partial charge in [0.05, 0.1) is 5.56 Å². The molecule has 22 heavy (non-hydrogen) atoms. The van der Waals surface area contributed by atoms with Crippen LogP contribution in [0.25, 0.3) is 0 Å². The number of benzene rings is 1. The summed E-state index contributed by atoms with van der Waals surface area (Å²) < 4.78 is 37.9. The van der Waals surface area contributed by atoms with E-state index in [-0.39, 0.29) is 18.6 Å². The number of hydrogen-bond donors (Lipinski definition) is 2. The van der Waals surface area contributed by atoms with E-state index in [9.17, 15) is 18.0 Å². The second kappa shape index (κ2) is 7.03. The van der Waals surface area contributed by atoms with Crippen molar-refractivity contribution in [2.24, 2.45) is 5.92 Å². The molecule has 1 saturated carbocycles. The third-order valence-corrected chi connectivity index (χ3v) is 4.14. The average Bonchev–Trinajstić information content (AvgIpc) is 2.47. The molecule has 3 nitrogen and oxygen atoms in total. The Morgan fingerprint density at radius 2 is 2.00 bits per heavy atom. The zero-order chi connectivity index (χ0) is 16.2. The molecule has 0 bridgehead atoms. The van der Waals surface area contributed by atoms with Crippen LogP contribution >= 0.6 is 0 Å². The lowest BCUT2D eigenvalue weighted by molar-refractivity contribution is -0.137. The summed E-state index contributed by atoms with van der Waals surface area (Å²) in [5, 5.41) is 5.54. The third kappa shape index (κ3) is 4.64. The summed E-state index contributed by atoms with van der Waals surface area (Å²) in [5.41, 5.74) is -0.269. The maximum Gasteiger partial charge on any atom is 0.416 e. The van der Waals surface area contributed by atoms with Gasteiger partial charge in [-0.15, -0.1) is 0 Å². The van der Waals surface area contributed by atoms with Crippen molar-refractivity contribution in [3.05, 3.63) is 35.4 Å². The fourth-order valence-corrected chi connectivity index (χ4v) is 2.79. The molecule has 1 aliphatic carbocycles. The van der Waals surface area contributed by atoms with Gasteiger partial charge >= 0.3 is 12.2 Å². The molecule has 2 N–H and O–H groups in total. The maximum absolute atomic E-state index is 12.6. The molecule has 0 unspecified atom stereocenters. The van der Waals surface area contributed by atoms with Crippen molar-refractivity contribution in [1.82, 2.24) is 10.6 Å². The van der Waals surface area contributed by atoms with Gasteiger partial charge in [0, 0.05) is 12.6 Å². The van der Waals surface area contributed by atoms with Gasteiger partial charge in [0.15, 0.2) is 0 Å².